The first-order valence-corrected chi connectivity index (χ1v) is 10.2. The van der Waals surface area contributed by atoms with Crippen molar-refractivity contribution in [1.29, 1.82) is 0 Å². The predicted molar refractivity (Wildman–Crippen MR) is 121 cm³/mol. The topological polar surface area (TPSA) is 118 Å². The third-order valence-electron chi connectivity index (χ3n) is 5.32. The summed E-state index contributed by atoms with van der Waals surface area (Å²) < 4.78 is 22.6. The van der Waals surface area contributed by atoms with Crippen LogP contribution in [0.25, 0.3) is 12.2 Å². The zero-order valence-corrected chi connectivity index (χ0v) is 18.1. The fourth-order valence-electron chi connectivity index (χ4n) is 3.59. The zero-order chi connectivity index (χ0) is 23.5. The number of aromatic hydroxyl groups is 3. The molecule has 8 nitrogen and oxygen atoms in total. The number of ether oxygens (including phenoxy) is 4. The third-order valence-corrected chi connectivity index (χ3v) is 5.32. The minimum Gasteiger partial charge on any atom is -0.504 e. The smallest absolute Gasteiger partial charge is 0.200 e. The molecule has 0 bridgehead atoms. The van der Waals surface area contributed by atoms with E-state index in [0.717, 1.165) is 5.56 Å². The Morgan fingerprint density at radius 3 is 2.03 bits per heavy atom. The number of rotatable bonds is 6. The van der Waals surface area contributed by atoms with Crippen molar-refractivity contribution in [3.05, 3.63) is 65.2 Å². The van der Waals surface area contributed by atoms with Crippen LogP contribution < -0.4 is 18.9 Å². The molecular formula is C25H24O8. The van der Waals surface area contributed by atoms with Gasteiger partial charge in [0.15, 0.2) is 46.7 Å². The van der Waals surface area contributed by atoms with Gasteiger partial charge in [0.2, 0.25) is 5.75 Å². The fraction of sp³-hybridized carbons (Fsp3) is 0.200. The van der Waals surface area contributed by atoms with Crippen molar-refractivity contribution in [2.75, 3.05) is 20.8 Å². The lowest BCUT2D eigenvalue weighted by atomic mass is 10.0. The van der Waals surface area contributed by atoms with E-state index in [1.54, 1.807) is 36.4 Å². The lowest BCUT2D eigenvalue weighted by molar-refractivity contribution is -0.0124. The molecule has 0 saturated heterocycles. The van der Waals surface area contributed by atoms with Gasteiger partial charge in [0.25, 0.3) is 0 Å². The average molecular weight is 452 g/mol. The maximum absolute atomic E-state index is 10.2. The van der Waals surface area contributed by atoms with Gasteiger partial charge in [-0.2, -0.15) is 0 Å². The first-order valence-electron chi connectivity index (χ1n) is 10.2. The fourth-order valence-corrected chi connectivity index (χ4v) is 3.59. The van der Waals surface area contributed by atoms with E-state index < -0.39 is 12.2 Å². The van der Waals surface area contributed by atoms with Crippen molar-refractivity contribution in [3.8, 4) is 40.2 Å². The maximum atomic E-state index is 10.2. The number of hydrogen-bond donors (Lipinski definition) is 4. The van der Waals surface area contributed by atoms with Crippen molar-refractivity contribution in [1.82, 2.24) is 0 Å². The molecule has 0 fully saturated rings. The minimum atomic E-state index is -0.683. The second-order valence-corrected chi connectivity index (χ2v) is 7.44. The van der Waals surface area contributed by atoms with Crippen LogP contribution in [-0.2, 0) is 0 Å². The Hall–Kier alpha value is -4.04. The molecule has 0 amide bonds. The molecule has 0 spiro atoms. The monoisotopic (exact) mass is 452 g/mol. The largest absolute Gasteiger partial charge is 0.504 e. The molecule has 4 rings (SSSR count). The summed E-state index contributed by atoms with van der Waals surface area (Å²) in [6.45, 7) is -0.290. The van der Waals surface area contributed by atoms with Crippen molar-refractivity contribution in [3.63, 3.8) is 0 Å². The summed E-state index contributed by atoms with van der Waals surface area (Å²) >= 11 is 0. The molecule has 0 radical (unpaired) electrons. The number of aliphatic hydroxyl groups is 1. The molecule has 0 unspecified atom stereocenters. The van der Waals surface area contributed by atoms with Crippen LogP contribution in [0.4, 0.5) is 0 Å². The zero-order valence-electron chi connectivity index (χ0n) is 18.1. The number of phenols is 3. The molecule has 3 aromatic rings. The number of methoxy groups -OCH3 is 2. The summed E-state index contributed by atoms with van der Waals surface area (Å²) in [5.41, 5.74) is 2.13. The Bertz CT molecular complexity index is 1160. The van der Waals surface area contributed by atoms with Gasteiger partial charge in [-0.25, -0.2) is 0 Å². The molecule has 3 aromatic carbocycles. The molecule has 0 aromatic heterocycles. The summed E-state index contributed by atoms with van der Waals surface area (Å²) in [6, 6.07) is 13.1. The second kappa shape index (κ2) is 9.22. The van der Waals surface area contributed by atoms with E-state index in [4.69, 9.17) is 18.9 Å². The minimum absolute atomic E-state index is 0.130. The molecule has 33 heavy (non-hydrogen) atoms. The van der Waals surface area contributed by atoms with Crippen LogP contribution in [0.1, 0.15) is 22.8 Å². The highest BCUT2D eigenvalue weighted by Gasteiger charge is 2.34. The Balaban J connectivity index is 1.64. The SMILES string of the molecule is COc1cc([C@H]2Oc3cc(/C=C/c4ccc(O)c(O)c4)ccc3O[C@@H]2CO)cc(OC)c1O. The molecule has 172 valence electrons. The quantitative estimate of drug-likeness (QED) is 0.329. The Labute approximate surface area is 190 Å². The highest BCUT2D eigenvalue weighted by Crippen LogP contribution is 2.44. The second-order valence-electron chi connectivity index (χ2n) is 7.44. The van der Waals surface area contributed by atoms with Gasteiger partial charge in [0, 0.05) is 5.56 Å². The first kappa shape index (κ1) is 22.2. The van der Waals surface area contributed by atoms with Crippen LogP contribution in [0.5, 0.6) is 40.2 Å². The standard InChI is InChI=1S/C25H24O8/c1-30-21-11-16(12-22(31-2)24(21)29)25-23(13-26)32-19-8-6-15(10-20(19)33-25)4-3-14-5-7-17(27)18(28)9-14/h3-12,23,25-29H,13H2,1-2H3/b4-3+/t23-,25-/m1/s1. The Kier molecular flexibility index (Phi) is 6.19. The van der Waals surface area contributed by atoms with E-state index in [1.165, 1.54) is 26.4 Å². The lowest BCUT2D eigenvalue weighted by Gasteiger charge is -2.33. The third kappa shape index (κ3) is 4.47. The first-order chi connectivity index (χ1) is 15.9. The Morgan fingerprint density at radius 2 is 1.42 bits per heavy atom. The highest BCUT2D eigenvalue weighted by molar-refractivity contribution is 5.72. The Morgan fingerprint density at radius 1 is 0.788 bits per heavy atom. The van der Waals surface area contributed by atoms with E-state index >= 15 is 0 Å². The van der Waals surface area contributed by atoms with Crippen molar-refractivity contribution >= 4 is 12.2 Å². The summed E-state index contributed by atoms with van der Waals surface area (Å²) in [7, 11) is 2.86. The number of benzene rings is 3. The molecule has 1 heterocycles. The van der Waals surface area contributed by atoms with E-state index in [2.05, 4.69) is 0 Å². The van der Waals surface area contributed by atoms with Crippen molar-refractivity contribution < 1.29 is 39.4 Å². The molecule has 0 saturated carbocycles. The van der Waals surface area contributed by atoms with Gasteiger partial charge in [-0.3, -0.25) is 0 Å². The van der Waals surface area contributed by atoms with Crippen LogP contribution in [0.15, 0.2) is 48.5 Å². The van der Waals surface area contributed by atoms with Crippen molar-refractivity contribution in [2.24, 2.45) is 0 Å². The molecule has 1 aliphatic rings. The van der Waals surface area contributed by atoms with Crippen molar-refractivity contribution in [2.45, 2.75) is 12.2 Å². The van der Waals surface area contributed by atoms with Crippen LogP contribution in [0.2, 0.25) is 0 Å². The maximum Gasteiger partial charge on any atom is 0.200 e. The molecule has 8 heteroatoms. The van der Waals surface area contributed by atoms with Crippen LogP contribution >= 0.6 is 0 Å². The normalized spacial score (nSPS) is 17.2. The van der Waals surface area contributed by atoms with Gasteiger partial charge in [-0.05, 0) is 47.5 Å². The number of phenolic OH excluding ortho intramolecular Hbond substituents is 3. The molecular weight excluding hydrogens is 428 g/mol. The average Bonchev–Trinajstić information content (AvgIpc) is 2.84. The molecule has 4 N–H and O–H groups in total. The summed E-state index contributed by atoms with van der Waals surface area (Å²) in [5.74, 6) is 0.881. The van der Waals surface area contributed by atoms with Gasteiger partial charge in [-0.1, -0.05) is 24.3 Å². The van der Waals surface area contributed by atoms with Gasteiger partial charge in [0.1, 0.15) is 0 Å². The summed E-state index contributed by atoms with van der Waals surface area (Å²) in [4.78, 5) is 0. The van der Waals surface area contributed by atoms with Gasteiger partial charge < -0.3 is 39.4 Å². The molecule has 0 aliphatic carbocycles. The lowest BCUT2D eigenvalue weighted by Crippen LogP contribution is -2.36. The van der Waals surface area contributed by atoms with Gasteiger partial charge >= 0.3 is 0 Å². The van der Waals surface area contributed by atoms with Gasteiger partial charge in [-0.15, -0.1) is 0 Å². The van der Waals surface area contributed by atoms with Crippen LogP contribution in [0.3, 0.4) is 0 Å². The van der Waals surface area contributed by atoms with E-state index in [9.17, 15) is 20.4 Å². The van der Waals surface area contributed by atoms with E-state index in [-0.39, 0.29) is 35.4 Å². The van der Waals surface area contributed by atoms with Gasteiger partial charge in [0.05, 0.1) is 20.8 Å². The summed E-state index contributed by atoms with van der Waals surface area (Å²) in [6.07, 6.45) is 2.25. The molecule has 1 aliphatic heterocycles. The number of hydrogen-bond acceptors (Lipinski definition) is 8. The van der Waals surface area contributed by atoms with Crippen LogP contribution in [-0.4, -0.2) is 47.4 Å². The van der Waals surface area contributed by atoms with E-state index in [0.29, 0.717) is 22.6 Å². The van der Waals surface area contributed by atoms with Crippen LogP contribution in [0, 0.1) is 0 Å². The highest BCUT2D eigenvalue weighted by atomic mass is 16.6. The summed E-state index contributed by atoms with van der Waals surface area (Å²) in [5, 5.41) is 39.2. The number of aliphatic hydroxyl groups excluding tert-OH is 1. The molecule has 2 atom stereocenters. The predicted octanol–water partition coefficient (Wildman–Crippen LogP) is 3.86. The number of fused-ring (bicyclic) bond motifs is 1. The van der Waals surface area contributed by atoms with E-state index in [1.807, 2.05) is 12.1 Å².